The van der Waals surface area contributed by atoms with Crippen molar-refractivity contribution in [3.8, 4) is 0 Å². The predicted molar refractivity (Wildman–Crippen MR) is 33.2 cm³/mol. The molecule has 11 heavy (non-hydrogen) atoms. The average Bonchev–Trinajstić information content (AvgIpc) is 1.19. The molecule has 0 aliphatic rings. The van der Waals surface area contributed by atoms with E-state index < -0.39 is 12.9 Å². The second kappa shape index (κ2) is 10.5. The summed E-state index contributed by atoms with van der Waals surface area (Å²) >= 11 is 0. The van der Waals surface area contributed by atoms with E-state index in [1.54, 1.807) is 0 Å². The van der Waals surface area contributed by atoms with Gasteiger partial charge in [0.2, 0.25) is 0 Å². The van der Waals surface area contributed by atoms with Crippen LogP contribution in [-0.4, -0.2) is 52.6 Å². The zero-order valence-electron chi connectivity index (χ0n) is 5.24. The fraction of sp³-hybridized carbons (Fsp3) is 0. The molecule has 0 atom stereocenters. The summed E-state index contributed by atoms with van der Waals surface area (Å²) < 4.78 is 8.77. The number of phosphoric acid groups is 1. The molecule has 64 valence electrons. The molecule has 9 nitrogen and oxygen atoms in total. The molecule has 0 fully saturated rings. The van der Waals surface area contributed by atoms with E-state index in [-0.39, 0.29) is 43.9 Å². The normalized spacial score (nSPS) is 7.55. The second-order valence-corrected chi connectivity index (χ2v) is 1.70. The van der Waals surface area contributed by atoms with Crippen molar-refractivity contribution in [1.29, 1.82) is 0 Å². The summed E-state index contributed by atoms with van der Waals surface area (Å²) in [6.45, 7) is 0. The van der Waals surface area contributed by atoms with Gasteiger partial charge in [0, 0.05) is 0 Å². The van der Waals surface area contributed by atoms with Gasteiger partial charge < -0.3 is 36.2 Å². The summed E-state index contributed by atoms with van der Waals surface area (Å²) in [5, 5.41) is 14.8. The van der Waals surface area contributed by atoms with Crippen molar-refractivity contribution in [1.82, 2.24) is 6.15 Å². The summed E-state index contributed by atoms with van der Waals surface area (Å²) in [7, 11) is -4.89. The molecule has 0 aromatic heterocycles. The molecule has 0 radical (unpaired) electrons. The molecule has 0 amide bonds. The van der Waals surface area contributed by atoms with Crippen LogP contribution >= 0.6 is 7.82 Å². The molecular weight excluding hydrogens is 211 g/mol. The predicted octanol–water partition coefficient (Wildman–Crippen LogP) is -2.02. The molecule has 0 unspecified atom stereocenters. The molecule has 0 spiro atoms. The van der Waals surface area contributed by atoms with Gasteiger partial charge in [-0.1, -0.05) is 0 Å². The van der Waals surface area contributed by atoms with Crippen LogP contribution in [0.2, 0.25) is 0 Å². The first-order valence-corrected chi connectivity index (χ1v) is 2.84. The Kier molecular flexibility index (Phi) is 21.6. The van der Waals surface area contributed by atoms with Gasteiger partial charge in [-0.15, -0.1) is 0 Å². The standard InChI is InChI=1S/Ca.NO3.H3N.H3O4P/c;2-1(3)4;;1-5(2,3)4/h;;1H3;(H3,1,2,3,4)/q+2;-1;;/p-1. The Hall–Kier alpha value is 0.530. The molecule has 5 N–H and O–H groups in total. The van der Waals surface area contributed by atoms with Crippen molar-refractivity contribution in [2.45, 2.75) is 0 Å². The van der Waals surface area contributed by atoms with Crippen LogP contribution in [0, 0.1) is 15.3 Å². The summed E-state index contributed by atoms with van der Waals surface area (Å²) in [5.41, 5.74) is 0. The van der Waals surface area contributed by atoms with Crippen molar-refractivity contribution in [3.05, 3.63) is 15.3 Å². The van der Waals surface area contributed by atoms with Crippen LogP contribution in [0.25, 0.3) is 0 Å². The third-order valence-electron chi connectivity index (χ3n) is 0. The van der Waals surface area contributed by atoms with Crippen LogP contribution < -0.4 is 11.0 Å². The summed E-state index contributed by atoms with van der Waals surface area (Å²) in [5.74, 6) is 0. The Balaban J connectivity index is -0.0000000383. The number of hydrogen-bond donors (Lipinski definition) is 3. The van der Waals surface area contributed by atoms with Crippen molar-refractivity contribution in [3.63, 3.8) is 0 Å². The number of rotatable bonds is 0. The largest absolute Gasteiger partial charge is 2.00 e. The van der Waals surface area contributed by atoms with Gasteiger partial charge in [0.15, 0.2) is 0 Å². The minimum absolute atomic E-state index is 0. The molecule has 0 aromatic carbocycles. The van der Waals surface area contributed by atoms with Crippen molar-refractivity contribution in [2.75, 3.05) is 0 Å². The Labute approximate surface area is 91.0 Å². The fourth-order valence-corrected chi connectivity index (χ4v) is 0. The Morgan fingerprint density at radius 1 is 1.27 bits per heavy atom. The Morgan fingerprint density at radius 3 is 1.27 bits per heavy atom. The Morgan fingerprint density at radius 2 is 1.27 bits per heavy atom. The van der Waals surface area contributed by atoms with E-state index in [0.717, 1.165) is 0 Å². The molecule has 0 aliphatic heterocycles. The first kappa shape index (κ1) is 22.5. The van der Waals surface area contributed by atoms with Gasteiger partial charge >= 0.3 is 37.7 Å². The number of hydrogen-bond acceptors (Lipinski definition) is 6. The fourth-order valence-electron chi connectivity index (χ4n) is 0. The SMILES string of the molecule is N.O=P([O-])(O)O.O=[N+]([O-])[O-].[Ca+2]. The zero-order valence-corrected chi connectivity index (χ0v) is 8.35. The summed E-state index contributed by atoms with van der Waals surface area (Å²) in [6.07, 6.45) is 0. The van der Waals surface area contributed by atoms with Crippen LogP contribution in [-0.2, 0) is 4.57 Å². The van der Waals surface area contributed by atoms with E-state index in [9.17, 15) is 0 Å². The molecule has 0 aliphatic carbocycles. The third kappa shape index (κ3) is 2730. The summed E-state index contributed by atoms with van der Waals surface area (Å²) in [4.78, 5) is 31.2. The number of nitrogens with zero attached hydrogens (tertiary/aromatic N) is 1. The molecule has 0 bridgehead atoms. The molecule has 11 heteroatoms. The molecule has 0 aromatic rings. The average molecular weight is 216 g/mol. The van der Waals surface area contributed by atoms with Gasteiger partial charge in [0.1, 0.15) is 0 Å². The van der Waals surface area contributed by atoms with Crippen molar-refractivity contribution >= 4 is 45.6 Å². The van der Waals surface area contributed by atoms with Crippen LogP contribution in [0.15, 0.2) is 0 Å². The topological polar surface area (TPSA) is 182 Å². The van der Waals surface area contributed by atoms with E-state index in [1.807, 2.05) is 0 Å². The maximum atomic E-state index is 8.77. The smallest absolute Gasteiger partial charge is 0.756 e. The minimum Gasteiger partial charge on any atom is -0.756 e. The van der Waals surface area contributed by atoms with E-state index >= 15 is 0 Å². The van der Waals surface area contributed by atoms with Crippen LogP contribution in [0.3, 0.4) is 0 Å². The van der Waals surface area contributed by atoms with Gasteiger partial charge in [0.25, 0.3) is 7.82 Å². The summed E-state index contributed by atoms with van der Waals surface area (Å²) in [6, 6.07) is 0. The van der Waals surface area contributed by atoms with Gasteiger partial charge in [-0.2, -0.15) is 0 Å². The first-order chi connectivity index (χ1) is 3.73. The van der Waals surface area contributed by atoms with E-state index in [1.165, 1.54) is 0 Å². The first-order valence-electron chi connectivity index (χ1n) is 1.31. The monoisotopic (exact) mass is 216 g/mol. The van der Waals surface area contributed by atoms with Gasteiger partial charge in [-0.25, -0.2) is 0 Å². The molecule has 0 rings (SSSR count). The van der Waals surface area contributed by atoms with Gasteiger partial charge in [-0.3, -0.25) is 4.57 Å². The molecular formula is H5CaN2O7P. The Bertz CT molecular complexity index is 116. The molecule has 0 heterocycles. The molecule has 0 saturated heterocycles. The van der Waals surface area contributed by atoms with Gasteiger partial charge in [-0.05, 0) is 0 Å². The van der Waals surface area contributed by atoms with E-state index in [4.69, 9.17) is 34.6 Å². The van der Waals surface area contributed by atoms with Crippen molar-refractivity contribution < 1.29 is 24.3 Å². The zero-order chi connectivity index (χ0) is 8.08. The van der Waals surface area contributed by atoms with Crippen molar-refractivity contribution in [2.24, 2.45) is 0 Å². The third-order valence-corrected chi connectivity index (χ3v) is 0. The van der Waals surface area contributed by atoms with E-state index in [2.05, 4.69) is 0 Å². The maximum absolute atomic E-state index is 8.77. The second-order valence-electron chi connectivity index (χ2n) is 0.714. The van der Waals surface area contributed by atoms with E-state index in [0.29, 0.717) is 0 Å². The van der Waals surface area contributed by atoms with Crippen LogP contribution in [0.1, 0.15) is 0 Å². The molecule has 0 saturated carbocycles. The maximum Gasteiger partial charge on any atom is 2.00 e. The van der Waals surface area contributed by atoms with Crippen LogP contribution in [0.4, 0.5) is 0 Å². The minimum atomic E-state index is -4.89. The van der Waals surface area contributed by atoms with Crippen LogP contribution in [0.5, 0.6) is 0 Å². The quantitative estimate of drug-likeness (QED) is 0.179. The van der Waals surface area contributed by atoms with Gasteiger partial charge in [0.05, 0.1) is 5.09 Å².